The number of esters is 1. The summed E-state index contributed by atoms with van der Waals surface area (Å²) in [6.07, 6.45) is 1.46. The lowest BCUT2D eigenvalue weighted by atomic mass is 10.2. The van der Waals surface area contributed by atoms with E-state index in [1.807, 2.05) is 6.07 Å². The molecule has 0 atom stereocenters. The van der Waals surface area contributed by atoms with E-state index in [2.05, 4.69) is 10.6 Å². The topological polar surface area (TPSA) is 84.5 Å². The molecular formula is C19H16Cl2N2O4. The number of hydrogen-bond acceptors (Lipinski definition) is 4. The molecule has 0 aromatic heterocycles. The minimum absolute atomic E-state index is 0.0731. The Hall–Kier alpha value is -2.83. The van der Waals surface area contributed by atoms with Gasteiger partial charge in [-0.15, -0.1) is 0 Å². The number of carbonyl (C=O) groups is 3. The molecule has 0 unspecified atom stereocenters. The molecule has 0 bridgehead atoms. The van der Waals surface area contributed by atoms with Crippen LogP contribution in [-0.4, -0.2) is 24.4 Å². The number of hydrogen-bond donors (Lipinski definition) is 2. The second-order valence-electron chi connectivity index (χ2n) is 5.40. The number of amides is 2. The van der Waals surface area contributed by atoms with Gasteiger partial charge in [-0.25, -0.2) is 4.79 Å². The maximum absolute atomic E-state index is 12.2. The lowest BCUT2D eigenvalue weighted by Gasteiger charge is -2.10. The zero-order chi connectivity index (χ0) is 19.8. The average molecular weight is 407 g/mol. The van der Waals surface area contributed by atoms with Crippen LogP contribution in [0.1, 0.15) is 12.5 Å². The second kappa shape index (κ2) is 9.75. The number of rotatable bonds is 6. The summed E-state index contributed by atoms with van der Waals surface area (Å²) in [5.41, 5.74) is 1.03. The standard InChI is InChI=1S/C19H16Cl2N2O4/c1-12(24)22-17(9-13-5-3-2-4-6-13)19(26)27-11-18(25)23-14-7-8-15(20)16(21)10-14/h2-10H,11H2,1H3,(H,22,24)(H,23,25). The number of ether oxygens (including phenoxy) is 1. The number of anilines is 1. The summed E-state index contributed by atoms with van der Waals surface area (Å²) in [5.74, 6) is -1.84. The average Bonchev–Trinajstić information content (AvgIpc) is 2.63. The van der Waals surface area contributed by atoms with Gasteiger partial charge in [-0.05, 0) is 29.8 Å². The van der Waals surface area contributed by atoms with Gasteiger partial charge in [0.15, 0.2) is 6.61 Å². The van der Waals surface area contributed by atoms with E-state index in [9.17, 15) is 14.4 Å². The Bertz CT molecular complexity index is 883. The fourth-order valence-corrected chi connectivity index (χ4v) is 2.33. The molecule has 27 heavy (non-hydrogen) atoms. The minimum Gasteiger partial charge on any atom is -0.451 e. The Kier molecular flexibility index (Phi) is 7.40. The molecule has 0 aliphatic heterocycles. The summed E-state index contributed by atoms with van der Waals surface area (Å²) in [4.78, 5) is 35.5. The SMILES string of the molecule is CC(=O)NC(=Cc1ccccc1)C(=O)OCC(=O)Nc1ccc(Cl)c(Cl)c1. The first-order valence-corrected chi connectivity index (χ1v) is 8.57. The fourth-order valence-electron chi connectivity index (χ4n) is 2.03. The van der Waals surface area contributed by atoms with Gasteiger partial charge in [0.05, 0.1) is 10.0 Å². The Morgan fingerprint density at radius 3 is 2.37 bits per heavy atom. The van der Waals surface area contributed by atoms with Crippen molar-refractivity contribution < 1.29 is 19.1 Å². The Balaban J connectivity index is 2.00. The van der Waals surface area contributed by atoms with Crippen molar-refractivity contribution in [3.63, 3.8) is 0 Å². The third kappa shape index (κ3) is 6.77. The molecule has 2 rings (SSSR count). The van der Waals surface area contributed by atoms with Gasteiger partial charge in [-0.1, -0.05) is 53.5 Å². The zero-order valence-corrected chi connectivity index (χ0v) is 15.8. The van der Waals surface area contributed by atoms with Crippen LogP contribution in [0.2, 0.25) is 10.0 Å². The smallest absolute Gasteiger partial charge is 0.355 e. The van der Waals surface area contributed by atoms with Gasteiger partial charge in [0.2, 0.25) is 5.91 Å². The first kappa shape index (κ1) is 20.5. The third-order valence-electron chi connectivity index (χ3n) is 3.18. The Labute approximate surface area is 166 Å². The largest absolute Gasteiger partial charge is 0.451 e. The van der Waals surface area contributed by atoms with Crippen LogP contribution in [0.3, 0.4) is 0 Å². The molecule has 2 aromatic carbocycles. The second-order valence-corrected chi connectivity index (χ2v) is 6.22. The highest BCUT2D eigenvalue weighted by Crippen LogP contribution is 2.24. The Morgan fingerprint density at radius 1 is 1.04 bits per heavy atom. The molecule has 0 heterocycles. The van der Waals surface area contributed by atoms with Crippen molar-refractivity contribution in [1.82, 2.24) is 5.32 Å². The maximum atomic E-state index is 12.2. The van der Waals surface area contributed by atoms with E-state index < -0.39 is 24.4 Å². The molecule has 0 radical (unpaired) electrons. The molecular weight excluding hydrogens is 391 g/mol. The van der Waals surface area contributed by atoms with Crippen LogP contribution in [0.4, 0.5) is 5.69 Å². The van der Waals surface area contributed by atoms with Crippen molar-refractivity contribution >= 4 is 52.7 Å². The van der Waals surface area contributed by atoms with E-state index in [4.69, 9.17) is 27.9 Å². The molecule has 6 nitrogen and oxygen atoms in total. The van der Waals surface area contributed by atoms with Crippen molar-refractivity contribution in [3.8, 4) is 0 Å². The fraction of sp³-hybridized carbons (Fsp3) is 0.105. The van der Waals surface area contributed by atoms with E-state index in [1.54, 1.807) is 30.3 Å². The predicted octanol–water partition coefficient (Wildman–Crippen LogP) is 3.65. The molecule has 8 heteroatoms. The van der Waals surface area contributed by atoms with Crippen molar-refractivity contribution in [1.29, 1.82) is 0 Å². The summed E-state index contributed by atoms with van der Waals surface area (Å²) < 4.78 is 4.97. The van der Waals surface area contributed by atoms with Gasteiger partial charge in [-0.3, -0.25) is 9.59 Å². The van der Waals surface area contributed by atoms with E-state index >= 15 is 0 Å². The molecule has 0 aliphatic rings. The van der Waals surface area contributed by atoms with E-state index in [-0.39, 0.29) is 10.7 Å². The van der Waals surface area contributed by atoms with Crippen LogP contribution in [0.25, 0.3) is 6.08 Å². The summed E-state index contributed by atoms with van der Waals surface area (Å²) >= 11 is 11.7. The molecule has 2 amide bonds. The van der Waals surface area contributed by atoms with Crippen LogP contribution in [0, 0.1) is 0 Å². The van der Waals surface area contributed by atoms with Crippen LogP contribution in [-0.2, 0) is 19.1 Å². The molecule has 0 spiro atoms. The highest BCUT2D eigenvalue weighted by atomic mass is 35.5. The van der Waals surface area contributed by atoms with Gasteiger partial charge in [0, 0.05) is 12.6 Å². The Morgan fingerprint density at radius 2 is 1.74 bits per heavy atom. The first-order valence-electron chi connectivity index (χ1n) is 7.81. The third-order valence-corrected chi connectivity index (χ3v) is 3.92. The summed E-state index contributed by atoms with van der Waals surface area (Å²) in [5, 5.41) is 5.56. The minimum atomic E-state index is -0.835. The summed E-state index contributed by atoms with van der Waals surface area (Å²) in [6.45, 7) is 0.730. The molecule has 2 N–H and O–H groups in total. The van der Waals surface area contributed by atoms with Crippen molar-refractivity contribution in [3.05, 3.63) is 69.8 Å². The van der Waals surface area contributed by atoms with Crippen LogP contribution >= 0.6 is 23.2 Å². The number of nitrogens with one attached hydrogen (secondary N) is 2. The van der Waals surface area contributed by atoms with Crippen molar-refractivity contribution in [2.24, 2.45) is 0 Å². The molecule has 0 saturated heterocycles. The molecule has 2 aromatic rings. The molecule has 0 aliphatic carbocycles. The van der Waals surface area contributed by atoms with E-state index in [0.717, 1.165) is 0 Å². The maximum Gasteiger partial charge on any atom is 0.355 e. The molecule has 0 saturated carbocycles. The van der Waals surface area contributed by atoms with Gasteiger partial charge in [-0.2, -0.15) is 0 Å². The normalized spacial score (nSPS) is 10.9. The highest BCUT2D eigenvalue weighted by molar-refractivity contribution is 6.42. The van der Waals surface area contributed by atoms with Gasteiger partial charge >= 0.3 is 5.97 Å². The summed E-state index contributed by atoms with van der Waals surface area (Å²) in [6, 6.07) is 13.5. The van der Waals surface area contributed by atoms with Gasteiger partial charge in [0.25, 0.3) is 5.91 Å². The lowest BCUT2D eigenvalue weighted by molar-refractivity contribution is -0.144. The molecule has 140 valence electrons. The monoisotopic (exact) mass is 406 g/mol. The number of carbonyl (C=O) groups excluding carboxylic acids is 3. The first-order chi connectivity index (χ1) is 12.8. The van der Waals surface area contributed by atoms with Gasteiger partial charge in [0.1, 0.15) is 5.70 Å². The quantitative estimate of drug-likeness (QED) is 0.566. The lowest BCUT2D eigenvalue weighted by Crippen LogP contribution is -2.28. The van der Waals surface area contributed by atoms with Crippen LogP contribution < -0.4 is 10.6 Å². The highest BCUT2D eigenvalue weighted by Gasteiger charge is 2.15. The zero-order valence-electron chi connectivity index (χ0n) is 14.3. The van der Waals surface area contributed by atoms with Crippen LogP contribution in [0.5, 0.6) is 0 Å². The van der Waals surface area contributed by atoms with Crippen LogP contribution in [0.15, 0.2) is 54.2 Å². The number of benzene rings is 2. The predicted molar refractivity (Wildman–Crippen MR) is 104 cm³/mol. The molecule has 0 fully saturated rings. The van der Waals surface area contributed by atoms with Crippen molar-refractivity contribution in [2.75, 3.05) is 11.9 Å². The van der Waals surface area contributed by atoms with Gasteiger partial charge < -0.3 is 15.4 Å². The van der Waals surface area contributed by atoms with Crippen molar-refractivity contribution in [2.45, 2.75) is 6.92 Å². The number of halogens is 2. The van der Waals surface area contributed by atoms with E-state index in [1.165, 1.54) is 25.1 Å². The van der Waals surface area contributed by atoms with E-state index in [0.29, 0.717) is 16.3 Å². The summed E-state index contributed by atoms with van der Waals surface area (Å²) in [7, 11) is 0.